The van der Waals surface area contributed by atoms with Gasteiger partial charge in [-0.05, 0) is 12.5 Å². The van der Waals surface area contributed by atoms with E-state index in [2.05, 4.69) is 20.5 Å². The van der Waals surface area contributed by atoms with Crippen LogP contribution in [0.3, 0.4) is 0 Å². The summed E-state index contributed by atoms with van der Waals surface area (Å²) in [6.07, 6.45) is 0.811. The summed E-state index contributed by atoms with van der Waals surface area (Å²) in [6, 6.07) is 6.15. The smallest absolute Gasteiger partial charge is 0.273 e. The molecule has 0 aliphatic rings. The first-order valence-electron chi connectivity index (χ1n) is 5.24. The Morgan fingerprint density at radius 3 is 2.94 bits per heavy atom. The highest BCUT2D eigenvalue weighted by Crippen LogP contribution is 2.06. The molecule has 0 fully saturated rings. The van der Waals surface area contributed by atoms with Crippen molar-refractivity contribution < 1.29 is 4.79 Å². The molecule has 0 aromatic carbocycles. The third kappa shape index (κ3) is 2.60. The van der Waals surface area contributed by atoms with Gasteiger partial charge < -0.3 is 10.3 Å². The number of aryl methyl sites for hydroxylation is 1. The van der Waals surface area contributed by atoms with Gasteiger partial charge in [0.25, 0.3) is 5.91 Å². The molecule has 1 amide bonds. The van der Waals surface area contributed by atoms with Gasteiger partial charge in [-0.25, -0.2) is 0 Å². The highest BCUT2D eigenvalue weighted by Gasteiger charge is 2.08. The van der Waals surface area contributed by atoms with E-state index in [0.717, 1.165) is 12.1 Å². The number of anilines is 1. The van der Waals surface area contributed by atoms with Crippen molar-refractivity contribution in [3.8, 4) is 0 Å². The van der Waals surface area contributed by atoms with Crippen LogP contribution < -0.4 is 10.9 Å². The lowest BCUT2D eigenvalue weighted by molar-refractivity contribution is 0.102. The standard InChI is InChI=1S/C11H12N4O2/c1-2-7-6-9(15-14-7)13-11(17)8-4-3-5-10(16)12-8/h3-6H,2H2,1H3,(H,12,16)(H2,13,14,15,17). The molecule has 0 radical (unpaired) electrons. The molecule has 2 aromatic heterocycles. The van der Waals surface area contributed by atoms with E-state index in [-0.39, 0.29) is 11.3 Å². The van der Waals surface area contributed by atoms with Crippen molar-refractivity contribution in [3.63, 3.8) is 0 Å². The predicted octanol–water partition coefficient (Wildman–Crippen LogP) is 0.913. The first-order chi connectivity index (χ1) is 8.19. The minimum atomic E-state index is -0.392. The van der Waals surface area contributed by atoms with Gasteiger partial charge in [0.15, 0.2) is 5.82 Å². The average Bonchev–Trinajstić information content (AvgIpc) is 2.77. The monoisotopic (exact) mass is 232 g/mol. The molecule has 0 bridgehead atoms. The van der Waals surface area contributed by atoms with E-state index >= 15 is 0 Å². The SMILES string of the molecule is CCc1cc(NC(=O)c2cccc(=O)[nH]2)n[nH]1. The Bertz CT molecular complexity index is 585. The highest BCUT2D eigenvalue weighted by atomic mass is 16.2. The van der Waals surface area contributed by atoms with Crippen molar-refractivity contribution in [3.05, 3.63) is 46.0 Å². The fraction of sp³-hybridized carbons (Fsp3) is 0.182. The molecule has 0 saturated heterocycles. The van der Waals surface area contributed by atoms with Gasteiger partial charge in [0.1, 0.15) is 5.69 Å². The molecule has 88 valence electrons. The first kappa shape index (κ1) is 11.1. The lowest BCUT2D eigenvalue weighted by Gasteiger charge is -2.00. The van der Waals surface area contributed by atoms with Crippen LogP contribution in [0, 0.1) is 0 Å². The van der Waals surface area contributed by atoms with E-state index in [1.165, 1.54) is 18.2 Å². The summed E-state index contributed by atoms with van der Waals surface area (Å²) in [5.41, 5.74) is 0.828. The molecule has 2 heterocycles. The number of carbonyl (C=O) groups is 1. The molecule has 2 rings (SSSR count). The van der Waals surface area contributed by atoms with Crippen molar-refractivity contribution in [1.82, 2.24) is 15.2 Å². The molecule has 6 nitrogen and oxygen atoms in total. The van der Waals surface area contributed by atoms with Crippen LogP contribution in [0.1, 0.15) is 23.1 Å². The molecule has 0 spiro atoms. The number of nitrogens with one attached hydrogen (secondary N) is 3. The summed E-state index contributed by atoms with van der Waals surface area (Å²) in [4.78, 5) is 25.2. The van der Waals surface area contributed by atoms with Crippen molar-refractivity contribution in [1.29, 1.82) is 0 Å². The number of hydrogen-bond donors (Lipinski definition) is 3. The minimum absolute atomic E-state index is 0.207. The molecule has 3 N–H and O–H groups in total. The Hall–Kier alpha value is -2.37. The third-order valence-corrected chi connectivity index (χ3v) is 2.27. The largest absolute Gasteiger partial charge is 0.318 e. The summed E-state index contributed by atoms with van der Waals surface area (Å²) in [5, 5.41) is 9.30. The van der Waals surface area contributed by atoms with Gasteiger partial charge in [0, 0.05) is 17.8 Å². The van der Waals surface area contributed by atoms with Crippen LogP contribution in [0.25, 0.3) is 0 Å². The fourth-order valence-corrected chi connectivity index (χ4v) is 1.37. The Balaban J connectivity index is 2.14. The van der Waals surface area contributed by atoms with Crippen molar-refractivity contribution in [2.45, 2.75) is 13.3 Å². The molecule has 17 heavy (non-hydrogen) atoms. The highest BCUT2D eigenvalue weighted by molar-refractivity contribution is 6.02. The summed E-state index contributed by atoms with van der Waals surface area (Å²) in [5.74, 6) is 0.0494. The van der Waals surface area contributed by atoms with Crippen LogP contribution in [0.15, 0.2) is 29.1 Å². The molecule has 0 saturated carbocycles. The zero-order chi connectivity index (χ0) is 12.3. The van der Waals surface area contributed by atoms with Gasteiger partial charge in [-0.1, -0.05) is 13.0 Å². The average molecular weight is 232 g/mol. The minimum Gasteiger partial charge on any atom is -0.318 e. The normalized spacial score (nSPS) is 10.2. The first-order valence-corrected chi connectivity index (χ1v) is 5.24. The molecule has 0 unspecified atom stereocenters. The number of H-pyrrole nitrogens is 2. The van der Waals surface area contributed by atoms with Crippen LogP contribution >= 0.6 is 0 Å². The van der Waals surface area contributed by atoms with E-state index in [4.69, 9.17) is 0 Å². The second kappa shape index (κ2) is 4.65. The van der Waals surface area contributed by atoms with E-state index < -0.39 is 5.91 Å². The van der Waals surface area contributed by atoms with Gasteiger partial charge >= 0.3 is 0 Å². The number of pyridine rings is 1. The summed E-state index contributed by atoms with van der Waals surface area (Å²) in [7, 11) is 0. The zero-order valence-corrected chi connectivity index (χ0v) is 9.28. The van der Waals surface area contributed by atoms with Gasteiger partial charge in [-0.3, -0.25) is 14.7 Å². The topological polar surface area (TPSA) is 90.6 Å². The summed E-state index contributed by atoms with van der Waals surface area (Å²) >= 11 is 0. The lowest BCUT2D eigenvalue weighted by atomic mass is 10.3. The molecule has 0 atom stereocenters. The van der Waals surface area contributed by atoms with Gasteiger partial charge in [-0.2, -0.15) is 5.10 Å². The Kier molecular flexibility index (Phi) is 3.04. The van der Waals surface area contributed by atoms with Gasteiger partial charge in [0.2, 0.25) is 5.56 Å². The number of rotatable bonds is 3. The molecular formula is C11H12N4O2. The molecule has 2 aromatic rings. The maximum absolute atomic E-state index is 11.7. The third-order valence-electron chi connectivity index (χ3n) is 2.27. The van der Waals surface area contributed by atoms with Crippen molar-refractivity contribution in [2.75, 3.05) is 5.32 Å². The van der Waals surface area contributed by atoms with Crippen LogP contribution in [-0.2, 0) is 6.42 Å². The predicted molar refractivity (Wildman–Crippen MR) is 63.0 cm³/mol. The maximum Gasteiger partial charge on any atom is 0.273 e. The van der Waals surface area contributed by atoms with E-state index in [1.807, 2.05) is 6.92 Å². The Morgan fingerprint density at radius 2 is 2.29 bits per heavy atom. The van der Waals surface area contributed by atoms with Gasteiger partial charge in [-0.15, -0.1) is 0 Å². The van der Waals surface area contributed by atoms with Crippen LogP contribution in [0.2, 0.25) is 0 Å². The summed E-state index contributed by atoms with van der Waals surface area (Å²) < 4.78 is 0. The van der Waals surface area contributed by atoms with Crippen LogP contribution in [0.4, 0.5) is 5.82 Å². The van der Waals surface area contributed by atoms with Crippen LogP contribution in [-0.4, -0.2) is 21.1 Å². The molecule has 0 aliphatic heterocycles. The Labute approximate surface area is 97.1 Å². The van der Waals surface area contributed by atoms with E-state index in [1.54, 1.807) is 6.07 Å². The number of nitrogens with zero attached hydrogens (tertiary/aromatic N) is 1. The second-order valence-electron chi connectivity index (χ2n) is 3.51. The Morgan fingerprint density at radius 1 is 1.47 bits per heavy atom. The van der Waals surface area contributed by atoms with Crippen LogP contribution in [0.5, 0.6) is 0 Å². The van der Waals surface area contributed by atoms with E-state index in [9.17, 15) is 9.59 Å². The number of aromatic amines is 2. The molecule has 0 aliphatic carbocycles. The summed E-state index contributed by atoms with van der Waals surface area (Å²) in [6.45, 7) is 1.98. The van der Waals surface area contributed by atoms with Crippen molar-refractivity contribution in [2.24, 2.45) is 0 Å². The molecule has 6 heteroatoms. The fourth-order valence-electron chi connectivity index (χ4n) is 1.37. The second-order valence-corrected chi connectivity index (χ2v) is 3.51. The zero-order valence-electron chi connectivity index (χ0n) is 9.28. The quantitative estimate of drug-likeness (QED) is 0.734. The van der Waals surface area contributed by atoms with Crippen molar-refractivity contribution >= 4 is 11.7 Å². The molecular weight excluding hydrogens is 220 g/mol. The number of carbonyl (C=O) groups excluding carboxylic acids is 1. The number of aromatic nitrogens is 3. The van der Waals surface area contributed by atoms with E-state index in [0.29, 0.717) is 5.82 Å². The lowest BCUT2D eigenvalue weighted by Crippen LogP contribution is -2.18. The number of hydrogen-bond acceptors (Lipinski definition) is 3. The number of amides is 1. The maximum atomic E-state index is 11.7. The van der Waals surface area contributed by atoms with Gasteiger partial charge in [0.05, 0.1) is 0 Å².